The molecule has 1 amide bonds. The minimum atomic E-state index is -3.88. The van der Waals surface area contributed by atoms with Crippen molar-refractivity contribution < 1.29 is 18.0 Å². The van der Waals surface area contributed by atoms with Gasteiger partial charge in [0.25, 0.3) is 5.91 Å². The highest BCUT2D eigenvalue weighted by Crippen LogP contribution is 2.37. The third kappa shape index (κ3) is 2.88. The van der Waals surface area contributed by atoms with Gasteiger partial charge < -0.3 is 4.90 Å². The van der Waals surface area contributed by atoms with Crippen molar-refractivity contribution in [3.8, 4) is 0 Å². The molecule has 5 rings (SSSR count). The first-order chi connectivity index (χ1) is 14.5. The molecule has 0 aliphatic carbocycles. The lowest BCUT2D eigenvalue weighted by Crippen LogP contribution is -2.32. The molecule has 5 nitrogen and oxygen atoms in total. The number of carbonyl (C=O) groups is 2. The summed E-state index contributed by atoms with van der Waals surface area (Å²) < 4.78 is 26.3. The summed E-state index contributed by atoms with van der Waals surface area (Å²) >= 11 is 1.71. The molecule has 0 saturated carbocycles. The smallest absolute Gasteiger partial charge is 0.258 e. The predicted octanol–water partition coefficient (Wildman–Crippen LogP) is 4.21. The number of para-hydroxylation sites is 1. The fraction of sp³-hybridized carbons (Fsp3) is 0.130. The molecule has 0 spiro atoms. The lowest BCUT2D eigenvalue weighted by molar-refractivity contribution is 0.0983. The van der Waals surface area contributed by atoms with Gasteiger partial charge in [-0.3, -0.25) is 9.59 Å². The van der Waals surface area contributed by atoms with Crippen molar-refractivity contribution >= 4 is 39.0 Å². The molecule has 2 aliphatic rings. The Kier molecular flexibility index (Phi) is 4.52. The summed E-state index contributed by atoms with van der Waals surface area (Å²) in [6.45, 7) is 0.550. The van der Waals surface area contributed by atoms with Crippen molar-refractivity contribution in [2.75, 3.05) is 17.2 Å². The van der Waals surface area contributed by atoms with E-state index in [1.165, 1.54) is 24.3 Å². The number of hydrogen-bond acceptors (Lipinski definition) is 5. The molecule has 30 heavy (non-hydrogen) atoms. The summed E-state index contributed by atoms with van der Waals surface area (Å²) in [7, 11) is -3.88. The van der Waals surface area contributed by atoms with Crippen LogP contribution < -0.4 is 4.90 Å². The van der Waals surface area contributed by atoms with E-state index in [9.17, 15) is 18.0 Å². The maximum Gasteiger partial charge on any atom is 0.258 e. The summed E-state index contributed by atoms with van der Waals surface area (Å²) in [6.07, 6.45) is 0.834. The van der Waals surface area contributed by atoms with Crippen molar-refractivity contribution in [1.29, 1.82) is 0 Å². The topological polar surface area (TPSA) is 71.5 Å². The van der Waals surface area contributed by atoms with Crippen LogP contribution in [0.2, 0.25) is 0 Å². The Bertz CT molecular complexity index is 1310. The third-order valence-corrected chi connectivity index (χ3v) is 8.37. The summed E-state index contributed by atoms with van der Waals surface area (Å²) in [5.41, 5.74) is 1.36. The third-order valence-electron chi connectivity index (χ3n) is 5.37. The molecular formula is C23H17NO4S2. The van der Waals surface area contributed by atoms with E-state index in [2.05, 4.69) is 0 Å². The molecule has 7 heteroatoms. The minimum absolute atomic E-state index is 0.0105. The second kappa shape index (κ2) is 7.11. The standard InChI is InChI=1S/C23H17NO4S2/c25-22-16-6-1-4-9-20(16)30(27,28)21-14-15(10-11-17(21)22)23(26)24-12-5-13-29-19-8-3-2-7-18(19)24/h1-4,6-11,14H,5,12-13H2. The highest BCUT2D eigenvalue weighted by atomic mass is 32.2. The summed E-state index contributed by atoms with van der Waals surface area (Å²) in [5, 5.41) is 0. The Hall–Kier alpha value is -2.90. The van der Waals surface area contributed by atoms with Crippen LogP contribution in [-0.4, -0.2) is 32.4 Å². The summed E-state index contributed by atoms with van der Waals surface area (Å²) in [4.78, 5) is 28.8. The molecule has 3 aromatic carbocycles. The van der Waals surface area contributed by atoms with Crippen LogP contribution in [0.3, 0.4) is 0 Å². The van der Waals surface area contributed by atoms with Gasteiger partial charge in [-0.05, 0) is 54.6 Å². The van der Waals surface area contributed by atoms with E-state index in [-0.39, 0.29) is 38.2 Å². The molecule has 2 heterocycles. The highest BCUT2D eigenvalue weighted by molar-refractivity contribution is 7.99. The van der Waals surface area contributed by atoms with Crippen molar-refractivity contribution in [2.24, 2.45) is 0 Å². The largest absolute Gasteiger partial charge is 0.307 e. The molecule has 0 saturated heterocycles. The lowest BCUT2D eigenvalue weighted by atomic mass is 10.0. The van der Waals surface area contributed by atoms with Gasteiger partial charge in [0.15, 0.2) is 5.78 Å². The van der Waals surface area contributed by atoms with E-state index in [0.717, 1.165) is 22.8 Å². The van der Waals surface area contributed by atoms with Gasteiger partial charge in [-0.15, -0.1) is 11.8 Å². The first-order valence-corrected chi connectivity index (χ1v) is 12.0. The second-order valence-electron chi connectivity index (χ2n) is 7.17. The van der Waals surface area contributed by atoms with Crippen LogP contribution in [0, 0.1) is 0 Å². The van der Waals surface area contributed by atoms with E-state index >= 15 is 0 Å². The van der Waals surface area contributed by atoms with Crippen molar-refractivity contribution in [3.63, 3.8) is 0 Å². The fourth-order valence-electron chi connectivity index (χ4n) is 3.91. The number of anilines is 1. The zero-order valence-electron chi connectivity index (χ0n) is 15.9. The van der Waals surface area contributed by atoms with Crippen LogP contribution in [0.1, 0.15) is 32.7 Å². The number of rotatable bonds is 1. The van der Waals surface area contributed by atoms with Crippen LogP contribution in [0.5, 0.6) is 0 Å². The number of thioether (sulfide) groups is 1. The Morgan fingerprint density at radius 1 is 0.900 bits per heavy atom. The fourth-order valence-corrected chi connectivity index (χ4v) is 6.58. The number of fused-ring (bicyclic) bond motifs is 3. The van der Waals surface area contributed by atoms with E-state index in [1.807, 2.05) is 24.3 Å². The summed E-state index contributed by atoms with van der Waals surface area (Å²) in [6, 6.07) is 18.2. The van der Waals surface area contributed by atoms with Crippen molar-refractivity contribution in [3.05, 3.63) is 83.4 Å². The molecule has 2 aliphatic heterocycles. The number of ketones is 1. The average Bonchev–Trinajstić information content (AvgIpc) is 2.99. The van der Waals surface area contributed by atoms with Gasteiger partial charge in [0.05, 0.1) is 15.5 Å². The number of carbonyl (C=O) groups excluding carboxylic acids is 2. The second-order valence-corrected chi connectivity index (χ2v) is 10.2. The van der Waals surface area contributed by atoms with Gasteiger partial charge in [-0.1, -0.05) is 24.3 Å². The van der Waals surface area contributed by atoms with Crippen LogP contribution in [0.25, 0.3) is 0 Å². The zero-order valence-corrected chi connectivity index (χ0v) is 17.5. The maximum absolute atomic E-state index is 13.4. The maximum atomic E-state index is 13.4. The monoisotopic (exact) mass is 435 g/mol. The van der Waals surface area contributed by atoms with Crippen LogP contribution in [0.15, 0.2) is 81.4 Å². The van der Waals surface area contributed by atoms with E-state index in [1.54, 1.807) is 34.9 Å². The van der Waals surface area contributed by atoms with Gasteiger partial charge in [0, 0.05) is 28.1 Å². The van der Waals surface area contributed by atoms with Gasteiger partial charge >= 0.3 is 0 Å². The number of amides is 1. The van der Waals surface area contributed by atoms with Crippen molar-refractivity contribution in [2.45, 2.75) is 21.1 Å². The van der Waals surface area contributed by atoms with Gasteiger partial charge in [0.1, 0.15) is 0 Å². The van der Waals surface area contributed by atoms with E-state index in [4.69, 9.17) is 0 Å². The van der Waals surface area contributed by atoms with E-state index < -0.39 is 9.84 Å². The zero-order chi connectivity index (χ0) is 20.9. The molecule has 0 unspecified atom stereocenters. The van der Waals surface area contributed by atoms with Gasteiger partial charge in [-0.2, -0.15) is 0 Å². The van der Waals surface area contributed by atoms with Gasteiger partial charge in [-0.25, -0.2) is 8.42 Å². The number of benzene rings is 3. The molecule has 0 radical (unpaired) electrons. The van der Waals surface area contributed by atoms with Crippen LogP contribution in [0.4, 0.5) is 5.69 Å². The molecule has 0 aromatic heterocycles. The Morgan fingerprint density at radius 3 is 2.50 bits per heavy atom. The van der Waals surface area contributed by atoms with Crippen LogP contribution >= 0.6 is 11.8 Å². The predicted molar refractivity (Wildman–Crippen MR) is 115 cm³/mol. The quantitative estimate of drug-likeness (QED) is 0.448. The number of hydrogen-bond donors (Lipinski definition) is 0. The highest BCUT2D eigenvalue weighted by Gasteiger charge is 2.35. The molecular weight excluding hydrogens is 418 g/mol. The number of nitrogens with zero attached hydrogens (tertiary/aromatic N) is 1. The first kappa shape index (κ1) is 19.1. The summed E-state index contributed by atoms with van der Waals surface area (Å²) in [5.74, 6) is 0.296. The van der Waals surface area contributed by atoms with E-state index in [0.29, 0.717) is 6.54 Å². The molecule has 0 fully saturated rings. The van der Waals surface area contributed by atoms with Crippen LogP contribution in [-0.2, 0) is 9.84 Å². The van der Waals surface area contributed by atoms with Gasteiger partial charge in [0.2, 0.25) is 9.84 Å². The first-order valence-electron chi connectivity index (χ1n) is 9.55. The lowest BCUT2D eigenvalue weighted by Gasteiger charge is -2.24. The average molecular weight is 436 g/mol. The minimum Gasteiger partial charge on any atom is -0.307 e. The molecule has 0 atom stereocenters. The Balaban J connectivity index is 1.61. The molecule has 3 aromatic rings. The Morgan fingerprint density at radius 2 is 1.63 bits per heavy atom. The number of sulfone groups is 1. The molecule has 0 N–H and O–H groups in total. The molecule has 150 valence electrons. The normalized spacial score (nSPS) is 16.8. The molecule has 0 bridgehead atoms. The Labute approximate surface area is 178 Å². The SMILES string of the molecule is O=C1c2ccccc2S(=O)(=O)c2cc(C(=O)N3CCCSc4ccccc43)ccc21. The van der Waals surface area contributed by atoms with Crippen molar-refractivity contribution in [1.82, 2.24) is 0 Å².